The predicted molar refractivity (Wildman–Crippen MR) is 61.9 cm³/mol. The van der Waals surface area contributed by atoms with E-state index in [-0.39, 0.29) is 6.61 Å². The van der Waals surface area contributed by atoms with E-state index in [1.165, 1.54) is 24.0 Å². The van der Waals surface area contributed by atoms with Gasteiger partial charge in [-0.05, 0) is 29.9 Å². The van der Waals surface area contributed by atoms with Crippen LogP contribution < -0.4 is 5.32 Å². The molecule has 2 unspecified atom stereocenters. The molecule has 0 heterocycles. The third-order valence-electron chi connectivity index (χ3n) is 3.29. The number of nitrogens with one attached hydrogen (secondary N) is 1. The van der Waals surface area contributed by atoms with Gasteiger partial charge < -0.3 is 10.4 Å². The number of fused-ring (bicyclic) bond motifs is 1. The van der Waals surface area contributed by atoms with E-state index in [0.717, 1.165) is 0 Å². The maximum atomic E-state index is 8.83. The van der Waals surface area contributed by atoms with Gasteiger partial charge in [-0.15, -0.1) is 0 Å². The minimum Gasteiger partial charge on any atom is -0.395 e. The van der Waals surface area contributed by atoms with Crippen LogP contribution in [0.2, 0.25) is 0 Å². The van der Waals surface area contributed by atoms with Crippen molar-refractivity contribution in [1.29, 1.82) is 0 Å². The Morgan fingerprint density at radius 3 is 2.73 bits per heavy atom. The highest BCUT2D eigenvalue weighted by atomic mass is 16.3. The zero-order valence-corrected chi connectivity index (χ0v) is 9.24. The molecule has 0 fully saturated rings. The van der Waals surface area contributed by atoms with Crippen LogP contribution in [0.4, 0.5) is 0 Å². The molecule has 0 bridgehead atoms. The third kappa shape index (κ3) is 2.21. The summed E-state index contributed by atoms with van der Waals surface area (Å²) in [6, 6.07) is 9.09. The lowest BCUT2D eigenvalue weighted by Gasteiger charge is -2.30. The molecule has 2 rings (SSSR count). The van der Waals surface area contributed by atoms with Gasteiger partial charge in [0.2, 0.25) is 0 Å². The van der Waals surface area contributed by atoms with Crippen LogP contribution in [0.1, 0.15) is 42.9 Å². The van der Waals surface area contributed by atoms with Gasteiger partial charge in [-0.2, -0.15) is 0 Å². The number of aliphatic hydroxyl groups is 1. The summed E-state index contributed by atoms with van der Waals surface area (Å²) in [5.41, 5.74) is 2.89. The summed E-state index contributed by atoms with van der Waals surface area (Å²) in [5.74, 6) is 0.674. The molecule has 2 nitrogen and oxygen atoms in total. The normalized spacial score (nSPS) is 24.9. The van der Waals surface area contributed by atoms with E-state index >= 15 is 0 Å². The van der Waals surface area contributed by atoms with Gasteiger partial charge in [0.1, 0.15) is 0 Å². The van der Waals surface area contributed by atoms with Gasteiger partial charge in [-0.3, -0.25) is 0 Å². The van der Waals surface area contributed by atoms with E-state index in [2.05, 4.69) is 36.5 Å². The second-order valence-electron chi connectivity index (χ2n) is 4.34. The Labute approximate surface area is 91.3 Å². The Bertz CT molecular complexity index is 324. The van der Waals surface area contributed by atoms with Crippen LogP contribution in [0.3, 0.4) is 0 Å². The lowest BCUT2D eigenvalue weighted by Crippen LogP contribution is -2.28. The SMILES string of the molecule is CC1CCC(NCCO)c2ccccc21. The third-order valence-corrected chi connectivity index (χ3v) is 3.29. The first-order valence-electron chi connectivity index (χ1n) is 5.76. The molecule has 0 aliphatic heterocycles. The maximum absolute atomic E-state index is 8.83. The first-order chi connectivity index (χ1) is 7.33. The molecule has 82 valence electrons. The summed E-state index contributed by atoms with van der Waals surface area (Å²) in [4.78, 5) is 0. The average Bonchev–Trinajstić information content (AvgIpc) is 2.29. The van der Waals surface area contributed by atoms with Crippen molar-refractivity contribution in [3.8, 4) is 0 Å². The molecular formula is C13H19NO. The van der Waals surface area contributed by atoms with Gasteiger partial charge in [0, 0.05) is 12.6 Å². The summed E-state index contributed by atoms with van der Waals surface area (Å²) in [7, 11) is 0. The smallest absolute Gasteiger partial charge is 0.0556 e. The van der Waals surface area contributed by atoms with Crippen molar-refractivity contribution in [3.63, 3.8) is 0 Å². The fourth-order valence-electron chi connectivity index (χ4n) is 2.46. The van der Waals surface area contributed by atoms with Crippen molar-refractivity contribution in [1.82, 2.24) is 5.32 Å². The molecule has 2 N–H and O–H groups in total. The first-order valence-corrected chi connectivity index (χ1v) is 5.76. The number of benzene rings is 1. The van der Waals surface area contributed by atoms with Crippen LogP contribution in [-0.4, -0.2) is 18.3 Å². The van der Waals surface area contributed by atoms with Crippen molar-refractivity contribution < 1.29 is 5.11 Å². The van der Waals surface area contributed by atoms with Crippen LogP contribution in [-0.2, 0) is 0 Å². The monoisotopic (exact) mass is 205 g/mol. The van der Waals surface area contributed by atoms with Crippen molar-refractivity contribution >= 4 is 0 Å². The Morgan fingerprint density at radius 1 is 1.27 bits per heavy atom. The Balaban J connectivity index is 2.20. The molecule has 0 amide bonds. The van der Waals surface area contributed by atoms with Crippen LogP contribution in [0.5, 0.6) is 0 Å². The number of aliphatic hydroxyl groups excluding tert-OH is 1. The molecule has 0 radical (unpaired) electrons. The van der Waals surface area contributed by atoms with E-state index in [1.807, 2.05) is 0 Å². The van der Waals surface area contributed by atoms with Crippen molar-refractivity contribution in [3.05, 3.63) is 35.4 Å². The van der Waals surface area contributed by atoms with Gasteiger partial charge in [-0.1, -0.05) is 31.2 Å². The summed E-state index contributed by atoms with van der Waals surface area (Å²) >= 11 is 0. The Kier molecular flexibility index (Phi) is 3.39. The van der Waals surface area contributed by atoms with Crippen molar-refractivity contribution in [2.75, 3.05) is 13.2 Å². The van der Waals surface area contributed by atoms with Crippen LogP contribution in [0, 0.1) is 0 Å². The van der Waals surface area contributed by atoms with Gasteiger partial charge in [-0.25, -0.2) is 0 Å². The number of rotatable bonds is 3. The molecule has 1 aliphatic rings. The molecule has 0 aromatic heterocycles. The predicted octanol–water partition coefficient (Wildman–Crippen LogP) is 2.21. The summed E-state index contributed by atoms with van der Waals surface area (Å²) < 4.78 is 0. The van der Waals surface area contributed by atoms with E-state index in [0.29, 0.717) is 18.5 Å². The second-order valence-corrected chi connectivity index (χ2v) is 4.34. The highest BCUT2D eigenvalue weighted by molar-refractivity contribution is 5.34. The second kappa shape index (κ2) is 4.77. The van der Waals surface area contributed by atoms with E-state index in [1.54, 1.807) is 0 Å². The quantitative estimate of drug-likeness (QED) is 0.793. The van der Waals surface area contributed by atoms with Crippen molar-refractivity contribution in [2.45, 2.75) is 31.7 Å². The van der Waals surface area contributed by atoms with Gasteiger partial charge >= 0.3 is 0 Å². The zero-order valence-electron chi connectivity index (χ0n) is 9.24. The van der Waals surface area contributed by atoms with Crippen LogP contribution >= 0.6 is 0 Å². The average molecular weight is 205 g/mol. The van der Waals surface area contributed by atoms with Crippen LogP contribution in [0.15, 0.2) is 24.3 Å². The molecule has 2 heteroatoms. The van der Waals surface area contributed by atoms with Gasteiger partial charge in [0.15, 0.2) is 0 Å². The number of hydrogen-bond donors (Lipinski definition) is 2. The molecule has 1 aliphatic carbocycles. The summed E-state index contributed by atoms with van der Waals surface area (Å²) in [5, 5.41) is 12.2. The fourth-order valence-corrected chi connectivity index (χ4v) is 2.46. The summed E-state index contributed by atoms with van der Waals surface area (Å²) in [6.07, 6.45) is 2.41. The fraction of sp³-hybridized carbons (Fsp3) is 0.538. The van der Waals surface area contributed by atoms with Gasteiger partial charge in [0.05, 0.1) is 6.61 Å². The minimum absolute atomic E-state index is 0.216. The van der Waals surface area contributed by atoms with E-state index < -0.39 is 0 Å². The standard InChI is InChI=1S/C13H19NO/c1-10-6-7-13(14-8-9-15)12-5-3-2-4-11(10)12/h2-5,10,13-15H,6-9H2,1H3. The molecule has 0 saturated heterocycles. The molecule has 0 spiro atoms. The molecule has 2 atom stereocenters. The maximum Gasteiger partial charge on any atom is 0.0556 e. The lowest BCUT2D eigenvalue weighted by atomic mass is 9.81. The summed E-state index contributed by atoms with van der Waals surface area (Å²) in [6.45, 7) is 3.20. The van der Waals surface area contributed by atoms with Crippen molar-refractivity contribution in [2.24, 2.45) is 0 Å². The Morgan fingerprint density at radius 2 is 2.00 bits per heavy atom. The Hall–Kier alpha value is -0.860. The minimum atomic E-state index is 0.216. The molecule has 1 aromatic rings. The molecule has 1 aromatic carbocycles. The highest BCUT2D eigenvalue weighted by Crippen LogP contribution is 2.36. The largest absolute Gasteiger partial charge is 0.395 e. The topological polar surface area (TPSA) is 32.3 Å². The lowest BCUT2D eigenvalue weighted by molar-refractivity contribution is 0.279. The first kappa shape index (κ1) is 10.7. The van der Waals surface area contributed by atoms with E-state index in [4.69, 9.17) is 5.11 Å². The van der Waals surface area contributed by atoms with Gasteiger partial charge in [0.25, 0.3) is 0 Å². The molecular weight excluding hydrogens is 186 g/mol. The van der Waals surface area contributed by atoms with Crippen LogP contribution in [0.25, 0.3) is 0 Å². The van der Waals surface area contributed by atoms with E-state index in [9.17, 15) is 0 Å². The number of hydrogen-bond acceptors (Lipinski definition) is 2. The molecule has 15 heavy (non-hydrogen) atoms. The zero-order chi connectivity index (χ0) is 10.7. The molecule has 0 saturated carbocycles. The highest BCUT2D eigenvalue weighted by Gasteiger charge is 2.23.